The third kappa shape index (κ3) is 59.9. The number of hydrogen-bond donors (Lipinski definition) is 1. The first-order valence-electron chi connectivity index (χ1n) is 31.5. The minimum atomic E-state index is -0.774. The lowest BCUT2D eigenvalue weighted by molar-refractivity contribution is -0.161. The van der Waals surface area contributed by atoms with Crippen LogP contribution in [0.5, 0.6) is 0 Å². The molecule has 72 heavy (non-hydrogen) atoms. The molecule has 0 saturated heterocycles. The zero-order chi connectivity index (χ0) is 52.0. The van der Waals surface area contributed by atoms with Crippen LogP contribution in [0.1, 0.15) is 322 Å². The molecule has 0 bridgehead atoms. The summed E-state index contributed by atoms with van der Waals surface area (Å²) in [6, 6.07) is 0. The molecule has 0 aromatic heterocycles. The number of aliphatic hydroxyl groups excluding tert-OH is 1. The van der Waals surface area contributed by atoms with Crippen LogP contribution >= 0.6 is 0 Å². The van der Waals surface area contributed by atoms with Gasteiger partial charge in [0.05, 0.1) is 6.61 Å². The fourth-order valence-corrected chi connectivity index (χ4v) is 9.29. The van der Waals surface area contributed by atoms with Gasteiger partial charge >= 0.3 is 11.9 Å². The zero-order valence-corrected chi connectivity index (χ0v) is 47.9. The van der Waals surface area contributed by atoms with Crippen LogP contribution in [0.25, 0.3) is 0 Å². The first kappa shape index (κ1) is 69.3. The summed E-state index contributed by atoms with van der Waals surface area (Å²) < 4.78 is 10.7. The van der Waals surface area contributed by atoms with E-state index in [1.807, 2.05) is 0 Å². The van der Waals surface area contributed by atoms with Crippen molar-refractivity contribution in [1.29, 1.82) is 0 Å². The second-order valence-corrected chi connectivity index (χ2v) is 21.1. The summed E-state index contributed by atoms with van der Waals surface area (Å²) in [5, 5.41) is 9.68. The summed E-state index contributed by atoms with van der Waals surface area (Å²) in [6.45, 7) is 4.06. The molecule has 0 radical (unpaired) electrons. The summed E-state index contributed by atoms with van der Waals surface area (Å²) in [4.78, 5) is 24.6. The van der Waals surface area contributed by atoms with Crippen LogP contribution in [-0.2, 0) is 19.1 Å². The van der Waals surface area contributed by atoms with E-state index in [0.717, 1.165) is 70.6 Å². The van der Waals surface area contributed by atoms with Gasteiger partial charge in [-0.15, -0.1) is 0 Å². The minimum Gasteiger partial charge on any atom is -0.462 e. The Labute approximate surface area is 448 Å². The third-order valence-electron chi connectivity index (χ3n) is 14.0. The van der Waals surface area contributed by atoms with Gasteiger partial charge in [-0.3, -0.25) is 9.59 Å². The molecule has 5 heteroatoms. The molecule has 0 aromatic carbocycles. The molecule has 1 unspecified atom stereocenters. The number of aliphatic hydroxyl groups is 1. The Kier molecular flexibility index (Phi) is 60.3. The second-order valence-electron chi connectivity index (χ2n) is 21.1. The van der Waals surface area contributed by atoms with Crippen LogP contribution < -0.4 is 0 Å². The molecular weight excluding hydrogens is 885 g/mol. The average Bonchev–Trinajstić information content (AvgIpc) is 3.38. The Bertz CT molecular complexity index is 1270. The molecule has 0 amide bonds. The van der Waals surface area contributed by atoms with Crippen LogP contribution in [0.2, 0.25) is 0 Å². The Balaban J connectivity index is 3.44. The van der Waals surface area contributed by atoms with Crippen LogP contribution in [0.3, 0.4) is 0 Å². The maximum Gasteiger partial charge on any atom is 0.306 e. The van der Waals surface area contributed by atoms with Gasteiger partial charge in [-0.1, -0.05) is 299 Å². The quantitative estimate of drug-likeness (QED) is 0.0373. The summed E-state index contributed by atoms with van der Waals surface area (Å²) in [7, 11) is 0. The lowest BCUT2D eigenvalue weighted by atomic mass is 10.0. The number of esters is 2. The predicted molar refractivity (Wildman–Crippen MR) is 316 cm³/mol. The van der Waals surface area contributed by atoms with E-state index < -0.39 is 6.10 Å². The number of ether oxygens (including phenoxy) is 2. The van der Waals surface area contributed by atoms with Gasteiger partial charge in [-0.05, 0) is 83.5 Å². The van der Waals surface area contributed by atoms with E-state index in [4.69, 9.17) is 9.47 Å². The Morgan fingerprint density at radius 1 is 0.333 bits per heavy atom. The molecule has 0 aromatic rings. The maximum absolute atomic E-state index is 12.3. The standard InChI is InChI=1S/C67H120O5/c1-3-5-7-9-11-13-15-17-19-21-23-25-27-29-31-33-35-37-39-41-43-45-47-49-51-53-55-57-59-61-66(69)71-64-65(63-68)72-67(70)62-60-58-56-54-52-50-48-46-44-42-40-38-36-34-32-30-28-26-24-22-20-18-16-14-12-10-8-6-4-2/h6,8,12,14-15,17-18,20-21,23-24,26,65,68H,3-5,7,9-11,13,16,19,22,25,27-64H2,1-2H3/b8-6-,14-12-,17-15-,20-18-,23-21-,26-24-. The van der Waals surface area contributed by atoms with Crippen molar-refractivity contribution in [1.82, 2.24) is 0 Å². The average molecular weight is 1010 g/mol. The molecule has 0 aliphatic carbocycles. The Morgan fingerprint density at radius 2 is 0.597 bits per heavy atom. The summed E-state index contributed by atoms with van der Waals surface area (Å²) in [5.41, 5.74) is 0. The van der Waals surface area contributed by atoms with Crippen LogP contribution in [0.4, 0.5) is 0 Å². The highest BCUT2D eigenvalue weighted by Crippen LogP contribution is 2.17. The van der Waals surface area contributed by atoms with Crippen molar-refractivity contribution in [3.8, 4) is 0 Å². The van der Waals surface area contributed by atoms with Crippen molar-refractivity contribution in [2.75, 3.05) is 13.2 Å². The van der Waals surface area contributed by atoms with Crippen LogP contribution in [0.15, 0.2) is 72.9 Å². The lowest BCUT2D eigenvalue weighted by Crippen LogP contribution is -2.28. The number of hydrogen-bond acceptors (Lipinski definition) is 5. The topological polar surface area (TPSA) is 72.8 Å². The van der Waals surface area contributed by atoms with E-state index >= 15 is 0 Å². The monoisotopic (exact) mass is 1000 g/mol. The molecule has 418 valence electrons. The second kappa shape index (κ2) is 62.6. The molecule has 0 fully saturated rings. The summed E-state index contributed by atoms with van der Waals surface area (Å²) in [5.74, 6) is -0.577. The van der Waals surface area contributed by atoms with Gasteiger partial charge in [0.1, 0.15) is 6.61 Å². The fourth-order valence-electron chi connectivity index (χ4n) is 9.29. The predicted octanol–water partition coefficient (Wildman–Crippen LogP) is 21.5. The molecule has 0 rings (SSSR count). The van der Waals surface area contributed by atoms with E-state index in [1.165, 1.54) is 225 Å². The van der Waals surface area contributed by atoms with Gasteiger partial charge in [0, 0.05) is 12.8 Å². The molecule has 0 heterocycles. The largest absolute Gasteiger partial charge is 0.462 e. The Hall–Kier alpha value is -2.66. The molecular formula is C67H120O5. The van der Waals surface area contributed by atoms with Crippen molar-refractivity contribution in [2.24, 2.45) is 0 Å². The molecule has 0 aliphatic heterocycles. The molecule has 0 aliphatic rings. The molecule has 0 saturated carbocycles. The molecule has 1 N–H and O–H groups in total. The Morgan fingerprint density at radius 3 is 0.903 bits per heavy atom. The number of rotatable bonds is 58. The normalized spacial score (nSPS) is 12.7. The van der Waals surface area contributed by atoms with Crippen LogP contribution in [0, 0.1) is 0 Å². The maximum atomic E-state index is 12.3. The van der Waals surface area contributed by atoms with Gasteiger partial charge < -0.3 is 14.6 Å². The number of unbranched alkanes of at least 4 members (excludes halogenated alkanes) is 38. The highest BCUT2D eigenvalue weighted by atomic mass is 16.6. The number of carbonyl (C=O) groups is 2. The van der Waals surface area contributed by atoms with Crippen molar-refractivity contribution < 1.29 is 24.2 Å². The van der Waals surface area contributed by atoms with Crippen LogP contribution in [-0.4, -0.2) is 36.4 Å². The van der Waals surface area contributed by atoms with Crippen molar-refractivity contribution in [2.45, 2.75) is 328 Å². The van der Waals surface area contributed by atoms with Gasteiger partial charge in [0.15, 0.2) is 6.10 Å². The SMILES string of the molecule is CC/C=C\C/C=C\C/C=C\C/C=C\CCCCCCCCCCCCCCCCCCC(=O)OC(CO)COC(=O)CCCCCCCCCCCCCCCCCCC/C=C\C/C=C\CCCCCCC. The molecule has 5 nitrogen and oxygen atoms in total. The molecule has 1 atom stereocenters. The zero-order valence-electron chi connectivity index (χ0n) is 47.9. The van der Waals surface area contributed by atoms with Gasteiger partial charge in [0.25, 0.3) is 0 Å². The van der Waals surface area contributed by atoms with E-state index in [0.29, 0.717) is 12.8 Å². The van der Waals surface area contributed by atoms with E-state index in [2.05, 4.69) is 86.8 Å². The number of allylic oxidation sites excluding steroid dienone is 12. The summed E-state index contributed by atoms with van der Waals surface area (Å²) in [6.07, 6.45) is 86.2. The van der Waals surface area contributed by atoms with Crippen molar-refractivity contribution in [3.05, 3.63) is 72.9 Å². The van der Waals surface area contributed by atoms with Gasteiger partial charge in [0.2, 0.25) is 0 Å². The molecule has 0 spiro atoms. The van der Waals surface area contributed by atoms with E-state index in [-0.39, 0.29) is 25.2 Å². The first-order chi connectivity index (χ1) is 35.6. The lowest BCUT2D eigenvalue weighted by Gasteiger charge is -2.15. The van der Waals surface area contributed by atoms with Crippen molar-refractivity contribution >= 4 is 11.9 Å². The van der Waals surface area contributed by atoms with E-state index in [1.54, 1.807) is 0 Å². The highest BCUT2D eigenvalue weighted by Gasteiger charge is 2.16. The number of carbonyl (C=O) groups excluding carboxylic acids is 2. The highest BCUT2D eigenvalue weighted by molar-refractivity contribution is 5.70. The fraction of sp³-hybridized carbons (Fsp3) is 0.791. The van der Waals surface area contributed by atoms with Gasteiger partial charge in [-0.2, -0.15) is 0 Å². The van der Waals surface area contributed by atoms with Crippen molar-refractivity contribution in [3.63, 3.8) is 0 Å². The first-order valence-corrected chi connectivity index (χ1v) is 31.5. The third-order valence-corrected chi connectivity index (χ3v) is 14.0. The summed E-state index contributed by atoms with van der Waals surface area (Å²) >= 11 is 0. The van der Waals surface area contributed by atoms with E-state index in [9.17, 15) is 14.7 Å². The minimum absolute atomic E-state index is 0.0639. The van der Waals surface area contributed by atoms with Gasteiger partial charge in [-0.25, -0.2) is 0 Å². The smallest absolute Gasteiger partial charge is 0.306 e.